The average Bonchev–Trinajstić information content (AvgIpc) is 3.13. The maximum absolute atomic E-state index is 12.6. The zero-order valence-electron chi connectivity index (χ0n) is 10.4. The Morgan fingerprint density at radius 2 is 2.00 bits per heavy atom. The van der Waals surface area contributed by atoms with Gasteiger partial charge in [-0.1, -0.05) is 15.9 Å². The summed E-state index contributed by atoms with van der Waals surface area (Å²) in [7, 11) is 0. The molecule has 2 aromatic rings. The Labute approximate surface area is 131 Å². The van der Waals surface area contributed by atoms with Gasteiger partial charge in [0.2, 0.25) is 5.28 Å². The molecule has 1 aromatic heterocycles. The number of alkyl halides is 3. The van der Waals surface area contributed by atoms with Crippen molar-refractivity contribution >= 4 is 27.5 Å². The van der Waals surface area contributed by atoms with Gasteiger partial charge >= 0.3 is 6.36 Å². The van der Waals surface area contributed by atoms with Crippen LogP contribution in [0.4, 0.5) is 13.2 Å². The summed E-state index contributed by atoms with van der Waals surface area (Å²) >= 11 is 9.10. The molecule has 1 aromatic carbocycles. The van der Waals surface area contributed by atoms with Gasteiger partial charge in [0, 0.05) is 10.4 Å². The number of aromatic nitrogens is 3. The standard InChI is InChI=1S/C12H8BrClF3N3O/c13-7-3-4-8(9(5-7)21-12(15,16)17)20-10(6-1-2-6)18-19-11(20)14/h3-6H,1-2H2. The monoisotopic (exact) mass is 381 g/mol. The van der Waals surface area contributed by atoms with Gasteiger partial charge in [0.1, 0.15) is 5.82 Å². The van der Waals surface area contributed by atoms with Crippen LogP contribution in [0.25, 0.3) is 5.69 Å². The molecule has 0 unspecified atom stereocenters. The van der Waals surface area contributed by atoms with Gasteiger partial charge in [-0.2, -0.15) is 0 Å². The van der Waals surface area contributed by atoms with Gasteiger partial charge in [-0.25, -0.2) is 0 Å². The summed E-state index contributed by atoms with van der Waals surface area (Å²) in [5, 5.41) is 7.70. The summed E-state index contributed by atoms with van der Waals surface area (Å²) in [5.41, 5.74) is 0.160. The Hall–Kier alpha value is -1.28. The van der Waals surface area contributed by atoms with Crippen LogP contribution in [0.5, 0.6) is 5.75 Å². The number of hydrogen-bond acceptors (Lipinski definition) is 3. The fourth-order valence-electron chi connectivity index (χ4n) is 1.98. The molecule has 0 amide bonds. The highest BCUT2D eigenvalue weighted by molar-refractivity contribution is 9.10. The largest absolute Gasteiger partial charge is 0.573 e. The second-order valence-corrected chi connectivity index (χ2v) is 5.85. The number of nitrogens with zero attached hydrogens (tertiary/aromatic N) is 3. The van der Waals surface area contributed by atoms with E-state index in [-0.39, 0.29) is 22.6 Å². The average molecular weight is 383 g/mol. The minimum Gasteiger partial charge on any atom is -0.403 e. The predicted octanol–water partition coefficient (Wildman–Crippen LogP) is 4.46. The first-order valence-electron chi connectivity index (χ1n) is 6.01. The van der Waals surface area contributed by atoms with Crippen molar-refractivity contribution in [1.29, 1.82) is 0 Å². The predicted molar refractivity (Wildman–Crippen MR) is 72.7 cm³/mol. The van der Waals surface area contributed by atoms with E-state index in [1.165, 1.54) is 16.7 Å². The first-order chi connectivity index (χ1) is 9.85. The molecule has 1 aliphatic rings. The summed E-state index contributed by atoms with van der Waals surface area (Å²) in [6.45, 7) is 0. The Bertz CT molecular complexity index is 685. The normalized spacial score (nSPS) is 15.3. The Morgan fingerprint density at radius 1 is 1.29 bits per heavy atom. The highest BCUT2D eigenvalue weighted by Gasteiger charge is 2.35. The quantitative estimate of drug-likeness (QED) is 0.787. The van der Waals surface area contributed by atoms with E-state index in [4.69, 9.17) is 11.6 Å². The van der Waals surface area contributed by atoms with Crippen LogP contribution >= 0.6 is 27.5 Å². The topological polar surface area (TPSA) is 39.9 Å². The third kappa shape index (κ3) is 3.16. The van der Waals surface area contributed by atoms with Crippen LogP contribution < -0.4 is 4.74 Å². The molecule has 9 heteroatoms. The Morgan fingerprint density at radius 3 is 2.62 bits per heavy atom. The molecule has 1 aliphatic carbocycles. The molecule has 0 spiro atoms. The summed E-state index contributed by atoms with van der Waals surface area (Å²) in [6, 6.07) is 4.31. The summed E-state index contributed by atoms with van der Waals surface area (Å²) in [5.74, 6) is 0.363. The van der Waals surface area contributed by atoms with E-state index in [0.29, 0.717) is 10.3 Å². The van der Waals surface area contributed by atoms with Crippen LogP contribution in [0.3, 0.4) is 0 Å². The zero-order valence-corrected chi connectivity index (χ0v) is 12.7. The van der Waals surface area contributed by atoms with Crippen LogP contribution in [0.15, 0.2) is 22.7 Å². The van der Waals surface area contributed by atoms with Crippen LogP contribution in [0.2, 0.25) is 5.28 Å². The molecule has 21 heavy (non-hydrogen) atoms. The molecule has 0 radical (unpaired) electrons. The Kier molecular flexibility index (Phi) is 3.61. The van der Waals surface area contributed by atoms with Gasteiger partial charge in [-0.15, -0.1) is 23.4 Å². The third-order valence-corrected chi connectivity index (χ3v) is 3.72. The van der Waals surface area contributed by atoms with E-state index in [1.807, 2.05) is 0 Å². The van der Waals surface area contributed by atoms with Crippen LogP contribution in [0.1, 0.15) is 24.6 Å². The summed E-state index contributed by atoms with van der Waals surface area (Å²) < 4.78 is 43.6. The fraction of sp³-hybridized carbons (Fsp3) is 0.333. The molecule has 4 nitrogen and oxygen atoms in total. The second kappa shape index (κ2) is 5.17. The number of halogens is 5. The zero-order chi connectivity index (χ0) is 15.2. The third-order valence-electron chi connectivity index (χ3n) is 2.98. The fourth-order valence-corrected chi connectivity index (χ4v) is 2.54. The lowest BCUT2D eigenvalue weighted by atomic mass is 10.2. The van der Waals surface area contributed by atoms with Crippen molar-refractivity contribution in [2.24, 2.45) is 0 Å². The lowest BCUT2D eigenvalue weighted by molar-refractivity contribution is -0.274. The van der Waals surface area contributed by atoms with Gasteiger partial charge in [0.25, 0.3) is 0 Å². The van der Waals surface area contributed by atoms with E-state index in [1.54, 1.807) is 6.07 Å². The van der Waals surface area contributed by atoms with Crippen molar-refractivity contribution in [2.45, 2.75) is 25.1 Å². The highest BCUT2D eigenvalue weighted by Crippen LogP contribution is 2.42. The molecule has 112 valence electrons. The lowest BCUT2D eigenvalue weighted by Gasteiger charge is -2.15. The van der Waals surface area contributed by atoms with E-state index >= 15 is 0 Å². The Balaban J connectivity index is 2.12. The molecule has 0 aliphatic heterocycles. The number of benzene rings is 1. The number of rotatable bonds is 3. The number of ether oxygens (including phenoxy) is 1. The van der Waals surface area contributed by atoms with E-state index in [9.17, 15) is 13.2 Å². The summed E-state index contributed by atoms with van der Waals surface area (Å²) in [6.07, 6.45) is -2.96. The molecule has 0 N–H and O–H groups in total. The van der Waals surface area contributed by atoms with Crippen LogP contribution in [0, 0.1) is 0 Å². The van der Waals surface area contributed by atoms with Gasteiger partial charge in [-0.3, -0.25) is 4.57 Å². The number of hydrogen-bond donors (Lipinski definition) is 0. The molecule has 1 fully saturated rings. The second-order valence-electron chi connectivity index (χ2n) is 4.60. The smallest absolute Gasteiger partial charge is 0.403 e. The maximum Gasteiger partial charge on any atom is 0.573 e. The van der Waals surface area contributed by atoms with Crippen molar-refractivity contribution in [3.8, 4) is 11.4 Å². The minimum atomic E-state index is -4.80. The molecule has 0 saturated heterocycles. The molecule has 0 bridgehead atoms. The van der Waals surface area contributed by atoms with Gasteiger partial charge in [-0.05, 0) is 42.6 Å². The molecular formula is C12H8BrClF3N3O. The molecular weight excluding hydrogens is 375 g/mol. The SMILES string of the molecule is FC(F)(F)Oc1cc(Br)ccc1-n1c(Cl)nnc1C1CC1. The van der Waals surface area contributed by atoms with Gasteiger partial charge in [0.15, 0.2) is 5.75 Å². The van der Waals surface area contributed by atoms with Crippen molar-refractivity contribution in [1.82, 2.24) is 14.8 Å². The molecule has 3 rings (SSSR count). The first kappa shape index (κ1) is 14.6. The van der Waals surface area contributed by atoms with Crippen molar-refractivity contribution in [3.05, 3.63) is 33.8 Å². The maximum atomic E-state index is 12.6. The van der Waals surface area contributed by atoms with E-state index < -0.39 is 6.36 Å². The highest BCUT2D eigenvalue weighted by atomic mass is 79.9. The lowest BCUT2D eigenvalue weighted by Crippen LogP contribution is -2.18. The molecule has 1 saturated carbocycles. The van der Waals surface area contributed by atoms with E-state index in [2.05, 4.69) is 30.9 Å². The molecule has 1 heterocycles. The van der Waals surface area contributed by atoms with Gasteiger partial charge in [0.05, 0.1) is 5.69 Å². The van der Waals surface area contributed by atoms with Crippen molar-refractivity contribution in [2.75, 3.05) is 0 Å². The first-order valence-corrected chi connectivity index (χ1v) is 7.19. The van der Waals surface area contributed by atoms with Crippen molar-refractivity contribution < 1.29 is 17.9 Å². The van der Waals surface area contributed by atoms with Crippen LogP contribution in [-0.4, -0.2) is 21.1 Å². The van der Waals surface area contributed by atoms with Crippen molar-refractivity contribution in [3.63, 3.8) is 0 Å². The minimum absolute atomic E-state index is 0.00578. The molecule has 0 atom stereocenters. The van der Waals surface area contributed by atoms with Gasteiger partial charge < -0.3 is 4.74 Å². The summed E-state index contributed by atoms with van der Waals surface area (Å²) in [4.78, 5) is 0. The van der Waals surface area contributed by atoms with Crippen LogP contribution in [-0.2, 0) is 0 Å². The van der Waals surface area contributed by atoms with E-state index in [0.717, 1.165) is 12.8 Å².